The number of alkyl halides is 5. The van der Waals surface area contributed by atoms with Gasteiger partial charge in [0, 0.05) is 22.4 Å². The van der Waals surface area contributed by atoms with E-state index in [-0.39, 0.29) is 23.5 Å². The van der Waals surface area contributed by atoms with Gasteiger partial charge in [0.1, 0.15) is 0 Å². The van der Waals surface area contributed by atoms with Gasteiger partial charge in [-0.15, -0.1) is 11.3 Å². The Balaban J connectivity index is 1.91. The molecule has 12 heteroatoms. The van der Waals surface area contributed by atoms with Crippen molar-refractivity contribution in [3.8, 4) is 10.4 Å². The summed E-state index contributed by atoms with van der Waals surface area (Å²) in [6, 6.07) is 2.80. The lowest BCUT2D eigenvalue weighted by atomic mass is 10.1. The molecule has 0 N–H and O–H groups in total. The second-order valence-corrected chi connectivity index (χ2v) is 7.34. The first kappa shape index (κ1) is 20.8. The number of halogens is 6. The second-order valence-electron chi connectivity index (χ2n) is 5.57. The number of ether oxygens (including phenoxy) is 1. The van der Waals surface area contributed by atoms with E-state index >= 15 is 0 Å². The van der Waals surface area contributed by atoms with Crippen molar-refractivity contribution in [3.05, 3.63) is 52.1 Å². The molecule has 0 aliphatic carbocycles. The maximum absolute atomic E-state index is 13.1. The molecule has 0 saturated heterocycles. The summed E-state index contributed by atoms with van der Waals surface area (Å²) in [6.45, 7) is -3.19. The quantitative estimate of drug-likeness (QED) is 0.423. The van der Waals surface area contributed by atoms with Crippen molar-refractivity contribution in [2.75, 3.05) is 6.61 Å². The lowest BCUT2D eigenvalue weighted by Gasteiger charge is -2.17. The van der Waals surface area contributed by atoms with Gasteiger partial charge in [0.2, 0.25) is 0 Å². The van der Waals surface area contributed by atoms with Crippen LogP contribution in [0.1, 0.15) is 23.9 Å². The maximum Gasteiger partial charge on any atom is 0.434 e. The molecule has 28 heavy (non-hydrogen) atoms. The van der Waals surface area contributed by atoms with Crippen LogP contribution in [0.2, 0.25) is 0 Å². The molecular weight excluding hydrogens is 471 g/mol. The maximum atomic E-state index is 13.1. The molecule has 0 amide bonds. The Morgan fingerprint density at radius 2 is 1.96 bits per heavy atom. The number of aromatic nitrogens is 4. The number of pyridine rings is 1. The number of hydrogen-bond acceptors (Lipinski definition) is 5. The van der Waals surface area contributed by atoms with Gasteiger partial charge < -0.3 is 4.74 Å². The molecule has 0 saturated carbocycles. The first-order chi connectivity index (χ1) is 13.3. The summed E-state index contributed by atoms with van der Waals surface area (Å²) >= 11 is 4.10. The molecule has 0 aliphatic rings. The third kappa shape index (κ3) is 4.92. The van der Waals surface area contributed by atoms with E-state index < -0.39 is 24.5 Å². The average molecular weight is 483 g/mol. The molecule has 0 aliphatic heterocycles. The standard InChI is InChI=1S/C16H12BrF5N4OS/c17-10-1-2-11(23-6-10)12(3-4-27-15(18)19)26-7-9(5-25-26)13-14(16(20,21)22)24-8-28-13/h1-2,5-8,12,15H,3-4H2. The van der Waals surface area contributed by atoms with Crippen molar-refractivity contribution in [2.24, 2.45) is 0 Å². The normalized spacial score (nSPS) is 13.2. The summed E-state index contributed by atoms with van der Waals surface area (Å²) in [4.78, 5) is 7.57. The van der Waals surface area contributed by atoms with Crippen LogP contribution in [0.15, 0.2) is 40.7 Å². The molecule has 0 aromatic carbocycles. The molecule has 3 heterocycles. The van der Waals surface area contributed by atoms with Crippen LogP contribution in [0.5, 0.6) is 0 Å². The molecule has 0 spiro atoms. The van der Waals surface area contributed by atoms with Gasteiger partial charge in [0.05, 0.1) is 34.9 Å². The third-order valence-corrected chi connectivity index (χ3v) is 5.09. The number of rotatable bonds is 7. The molecular formula is C16H12BrF5N4OS. The lowest BCUT2D eigenvalue weighted by Crippen LogP contribution is -2.16. The Morgan fingerprint density at radius 1 is 1.18 bits per heavy atom. The van der Waals surface area contributed by atoms with Crippen LogP contribution in [0.3, 0.4) is 0 Å². The largest absolute Gasteiger partial charge is 0.434 e. The highest BCUT2D eigenvalue weighted by molar-refractivity contribution is 9.10. The molecule has 1 atom stereocenters. The van der Waals surface area contributed by atoms with Gasteiger partial charge in [-0.1, -0.05) is 0 Å². The topological polar surface area (TPSA) is 52.8 Å². The van der Waals surface area contributed by atoms with Crippen LogP contribution in [-0.2, 0) is 10.9 Å². The Bertz CT molecular complexity index is 912. The van der Waals surface area contributed by atoms with Crippen molar-refractivity contribution < 1.29 is 26.7 Å². The van der Waals surface area contributed by atoms with Crippen LogP contribution in [0.4, 0.5) is 22.0 Å². The monoisotopic (exact) mass is 482 g/mol. The van der Waals surface area contributed by atoms with E-state index in [2.05, 4.69) is 35.7 Å². The van der Waals surface area contributed by atoms with Crippen molar-refractivity contribution in [1.29, 1.82) is 0 Å². The molecule has 150 valence electrons. The van der Waals surface area contributed by atoms with Crippen LogP contribution in [-0.4, -0.2) is 33.0 Å². The second kappa shape index (κ2) is 8.62. The van der Waals surface area contributed by atoms with E-state index in [0.29, 0.717) is 5.69 Å². The fourth-order valence-electron chi connectivity index (χ4n) is 2.55. The number of nitrogens with zero attached hydrogens (tertiary/aromatic N) is 4. The van der Waals surface area contributed by atoms with Crippen molar-refractivity contribution in [1.82, 2.24) is 19.7 Å². The molecule has 3 aromatic heterocycles. The van der Waals surface area contributed by atoms with Gasteiger partial charge in [-0.3, -0.25) is 9.67 Å². The smallest absolute Gasteiger partial charge is 0.323 e. The Morgan fingerprint density at radius 3 is 2.61 bits per heavy atom. The van der Waals surface area contributed by atoms with Crippen LogP contribution >= 0.6 is 27.3 Å². The third-order valence-electron chi connectivity index (χ3n) is 3.75. The molecule has 1 unspecified atom stereocenters. The van der Waals surface area contributed by atoms with Crippen LogP contribution in [0.25, 0.3) is 10.4 Å². The lowest BCUT2D eigenvalue weighted by molar-refractivity contribution is -0.140. The molecule has 5 nitrogen and oxygen atoms in total. The minimum Gasteiger partial charge on any atom is -0.323 e. The van der Waals surface area contributed by atoms with Gasteiger partial charge in [-0.2, -0.15) is 27.1 Å². The summed E-state index contributed by atoms with van der Waals surface area (Å²) in [5.41, 5.74) is 0.860. The van der Waals surface area contributed by atoms with E-state index in [1.165, 1.54) is 23.3 Å². The van der Waals surface area contributed by atoms with Crippen LogP contribution < -0.4 is 0 Å². The van der Waals surface area contributed by atoms with Crippen molar-refractivity contribution in [2.45, 2.75) is 25.3 Å². The summed E-state index contributed by atoms with van der Waals surface area (Å²) in [7, 11) is 0. The van der Waals surface area contributed by atoms with Gasteiger partial charge >= 0.3 is 12.8 Å². The number of thiazole rings is 1. The fourth-order valence-corrected chi connectivity index (χ4v) is 3.57. The highest BCUT2D eigenvalue weighted by Gasteiger charge is 2.37. The van der Waals surface area contributed by atoms with Gasteiger partial charge in [-0.25, -0.2) is 4.98 Å². The minimum absolute atomic E-state index is 0.0647. The molecule has 3 aromatic rings. The average Bonchev–Trinajstić information content (AvgIpc) is 3.28. The predicted octanol–water partition coefficient (Wildman–Crippen LogP) is 5.40. The highest BCUT2D eigenvalue weighted by atomic mass is 79.9. The zero-order chi connectivity index (χ0) is 20.3. The SMILES string of the molecule is FC(F)OCCC(c1ccc(Br)cn1)n1cc(-c2scnc2C(F)(F)F)cn1. The van der Waals surface area contributed by atoms with Gasteiger partial charge in [-0.05, 0) is 34.5 Å². The van der Waals surface area contributed by atoms with Gasteiger partial charge in [0.25, 0.3) is 0 Å². The first-order valence-electron chi connectivity index (χ1n) is 7.82. The summed E-state index contributed by atoms with van der Waals surface area (Å²) < 4.78 is 70.3. The first-order valence-corrected chi connectivity index (χ1v) is 9.49. The molecule has 0 fully saturated rings. The molecule has 0 bridgehead atoms. The van der Waals surface area contributed by atoms with Crippen molar-refractivity contribution in [3.63, 3.8) is 0 Å². The Kier molecular flexibility index (Phi) is 6.40. The Hall–Kier alpha value is -1.92. The van der Waals surface area contributed by atoms with E-state index in [9.17, 15) is 22.0 Å². The zero-order valence-electron chi connectivity index (χ0n) is 13.9. The zero-order valence-corrected chi connectivity index (χ0v) is 16.3. The van der Waals surface area contributed by atoms with Crippen LogP contribution in [0, 0.1) is 0 Å². The fraction of sp³-hybridized carbons (Fsp3) is 0.312. The highest BCUT2D eigenvalue weighted by Crippen LogP contribution is 2.38. The summed E-state index contributed by atoms with van der Waals surface area (Å²) in [5, 5.41) is 4.13. The van der Waals surface area contributed by atoms with E-state index in [1.54, 1.807) is 12.1 Å². The predicted molar refractivity (Wildman–Crippen MR) is 95.0 cm³/mol. The van der Waals surface area contributed by atoms with E-state index in [4.69, 9.17) is 0 Å². The summed E-state index contributed by atoms with van der Waals surface area (Å²) in [5.74, 6) is 0. The Labute approximate surface area is 168 Å². The minimum atomic E-state index is -4.59. The van der Waals surface area contributed by atoms with Gasteiger partial charge in [0.15, 0.2) is 5.69 Å². The number of hydrogen-bond donors (Lipinski definition) is 0. The molecule has 0 radical (unpaired) electrons. The summed E-state index contributed by atoms with van der Waals surface area (Å²) in [6.07, 6.45) is -0.252. The molecule has 3 rings (SSSR count). The van der Waals surface area contributed by atoms with Crippen molar-refractivity contribution >= 4 is 27.3 Å². The van der Waals surface area contributed by atoms with E-state index in [1.807, 2.05) is 0 Å². The van der Waals surface area contributed by atoms with E-state index in [0.717, 1.165) is 21.3 Å².